The number of rotatable bonds is 5. The van der Waals surface area contributed by atoms with Gasteiger partial charge in [-0.1, -0.05) is 12.1 Å². The second-order valence-corrected chi connectivity index (χ2v) is 7.97. The number of methoxy groups -OCH3 is 1. The lowest BCUT2D eigenvalue weighted by atomic mass is 9.90. The number of amides is 1. The van der Waals surface area contributed by atoms with Crippen molar-refractivity contribution in [2.75, 3.05) is 33.3 Å². The highest BCUT2D eigenvalue weighted by atomic mass is 16.5. The Kier molecular flexibility index (Phi) is 5.95. The van der Waals surface area contributed by atoms with Crippen LogP contribution in [0.4, 0.5) is 0 Å². The van der Waals surface area contributed by atoms with Crippen LogP contribution in [0.15, 0.2) is 36.5 Å². The number of piperidine rings is 2. The summed E-state index contributed by atoms with van der Waals surface area (Å²) < 4.78 is 7.19. The van der Waals surface area contributed by atoms with Crippen molar-refractivity contribution in [1.82, 2.24) is 20.0 Å². The molecule has 28 heavy (non-hydrogen) atoms. The summed E-state index contributed by atoms with van der Waals surface area (Å²) >= 11 is 0. The first-order valence-electron chi connectivity index (χ1n) is 10.4. The summed E-state index contributed by atoms with van der Waals surface area (Å²) in [6.07, 6.45) is 7.40. The number of ether oxygens (including phenoxy) is 1. The number of carbonyl (C=O) groups excluding carboxylic acids is 1. The molecule has 1 atom stereocenters. The third-order valence-corrected chi connectivity index (χ3v) is 6.06. The van der Waals surface area contributed by atoms with Crippen LogP contribution in [0, 0.1) is 5.92 Å². The van der Waals surface area contributed by atoms with Crippen LogP contribution in [0.3, 0.4) is 0 Å². The largest absolute Gasteiger partial charge is 0.497 e. The lowest BCUT2D eigenvalue weighted by molar-refractivity contribution is 0.0683. The fraction of sp³-hybridized carbons (Fsp3) is 0.545. The molecule has 1 N–H and O–H groups in total. The Balaban J connectivity index is 1.29. The highest BCUT2D eigenvalue weighted by Crippen LogP contribution is 2.24. The van der Waals surface area contributed by atoms with Crippen LogP contribution in [-0.2, 0) is 6.42 Å². The Hall–Kier alpha value is -2.34. The van der Waals surface area contributed by atoms with E-state index in [1.807, 2.05) is 34.0 Å². The first kappa shape index (κ1) is 19.0. The Morgan fingerprint density at radius 1 is 1.18 bits per heavy atom. The number of aromatic nitrogens is 2. The Morgan fingerprint density at radius 2 is 1.96 bits per heavy atom. The maximum absolute atomic E-state index is 12.9. The van der Waals surface area contributed by atoms with E-state index in [-0.39, 0.29) is 5.91 Å². The molecule has 2 fully saturated rings. The van der Waals surface area contributed by atoms with Crippen LogP contribution in [0.1, 0.15) is 47.8 Å². The molecule has 2 aliphatic rings. The summed E-state index contributed by atoms with van der Waals surface area (Å²) in [5, 5.41) is 7.99. The van der Waals surface area contributed by atoms with Gasteiger partial charge in [0.1, 0.15) is 11.4 Å². The van der Waals surface area contributed by atoms with E-state index in [1.54, 1.807) is 7.11 Å². The highest BCUT2D eigenvalue weighted by molar-refractivity contribution is 5.92. The van der Waals surface area contributed by atoms with E-state index in [0.717, 1.165) is 64.0 Å². The fourth-order valence-corrected chi connectivity index (χ4v) is 4.31. The van der Waals surface area contributed by atoms with Crippen molar-refractivity contribution < 1.29 is 9.53 Å². The molecule has 150 valence electrons. The van der Waals surface area contributed by atoms with Gasteiger partial charge < -0.3 is 15.0 Å². The smallest absolute Gasteiger partial charge is 0.274 e. The van der Waals surface area contributed by atoms with Crippen LogP contribution in [0.2, 0.25) is 0 Å². The molecule has 1 unspecified atom stereocenters. The molecule has 0 spiro atoms. The van der Waals surface area contributed by atoms with E-state index < -0.39 is 0 Å². The van der Waals surface area contributed by atoms with Gasteiger partial charge in [0.15, 0.2) is 0 Å². The van der Waals surface area contributed by atoms with Crippen LogP contribution in [0.25, 0.3) is 0 Å². The van der Waals surface area contributed by atoms with Gasteiger partial charge in [0.05, 0.1) is 13.2 Å². The van der Waals surface area contributed by atoms with Gasteiger partial charge in [0.2, 0.25) is 0 Å². The van der Waals surface area contributed by atoms with Gasteiger partial charge in [-0.25, -0.2) is 0 Å². The zero-order chi connectivity index (χ0) is 19.3. The minimum Gasteiger partial charge on any atom is -0.497 e. The minimum atomic E-state index is 0.0745. The van der Waals surface area contributed by atoms with Gasteiger partial charge in [-0.3, -0.25) is 9.48 Å². The lowest BCUT2D eigenvalue weighted by Gasteiger charge is -2.31. The highest BCUT2D eigenvalue weighted by Gasteiger charge is 2.26. The standard InChI is InChI=1S/C22H30N4O2/c1-28-20-6-4-17(5-7-20)15-18-8-12-25(13-9-18)22(27)21-10-14-26(24-21)19-3-2-11-23-16-19/h4-7,10,14,18-19,23H,2-3,8-9,11-13,15-16H2,1H3. The van der Waals surface area contributed by atoms with Crippen LogP contribution in [-0.4, -0.2) is 53.9 Å². The van der Waals surface area contributed by atoms with Crippen LogP contribution < -0.4 is 10.1 Å². The quantitative estimate of drug-likeness (QED) is 0.864. The molecule has 1 aromatic carbocycles. The molecule has 2 aliphatic heterocycles. The summed E-state index contributed by atoms with van der Waals surface area (Å²) in [5.74, 6) is 1.60. The number of likely N-dealkylation sites (tertiary alicyclic amines) is 1. The van der Waals surface area contributed by atoms with Gasteiger partial charge >= 0.3 is 0 Å². The first-order valence-corrected chi connectivity index (χ1v) is 10.4. The summed E-state index contributed by atoms with van der Waals surface area (Å²) in [7, 11) is 1.69. The minimum absolute atomic E-state index is 0.0745. The van der Waals surface area contributed by atoms with Crippen molar-refractivity contribution in [3.8, 4) is 5.75 Å². The molecule has 1 aromatic heterocycles. The van der Waals surface area contributed by atoms with E-state index in [4.69, 9.17) is 4.74 Å². The normalized spacial score (nSPS) is 20.9. The summed E-state index contributed by atoms with van der Waals surface area (Å²) in [6, 6.07) is 10.6. The van der Waals surface area contributed by atoms with Gasteiger partial charge in [-0.05, 0) is 68.3 Å². The molecule has 2 aromatic rings. The second-order valence-electron chi connectivity index (χ2n) is 7.97. The predicted molar refractivity (Wildman–Crippen MR) is 109 cm³/mol. The molecule has 6 nitrogen and oxygen atoms in total. The van der Waals surface area contributed by atoms with Crippen molar-refractivity contribution >= 4 is 5.91 Å². The monoisotopic (exact) mass is 382 g/mol. The molecule has 0 aliphatic carbocycles. The van der Waals surface area contributed by atoms with Crippen LogP contribution >= 0.6 is 0 Å². The van der Waals surface area contributed by atoms with E-state index >= 15 is 0 Å². The number of hydrogen-bond acceptors (Lipinski definition) is 4. The molecule has 4 rings (SSSR count). The van der Waals surface area contributed by atoms with E-state index in [0.29, 0.717) is 17.7 Å². The van der Waals surface area contributed by atoms with Crippen molar-refractivity contribution in [3.05, 3.63) is 47.8 Å². The van der Waals surface area contributed by atoms with Gasteiger partial charge in [-0.2, -0.15) is 5.10 Å². The summed E-state index contributed by atoms with van der Waals surface area (Å²) in [4.78, 5) is 14.8. The van der Waals surface area contributed by atoms with Crippen molar-refractivity contribution in [1.29, 1.82) is 0 Å². The van der Waals surface area contributed by atoms with Crippen molar-refractivity contribution in [3.63, 3.8) is 0 Å². The number of benzene rings is 1. The Bertz CT molecular complexity index is 772. The first-order chi connectivity index (χ1) is 13.7. The Labute approximate surface area is 166 Å². The number of nitrogens with zero attached hydrogens (tertiary/aromatic N) is 3. The molecular formula is C22H30N4O2. The average Bonchev–Trinajstić information content (AvgIpc) is 3.25. The van der Waals surface area contributed by atoms with E-state index in [1.165, 1.54) is 5.56 Å². The number of nitrogens with one attached hydrogen (secondary N) is 1. The second kappa shape index (κ2) is 8.78. The summed E-state index contributed by atoms with van der Waals surface area (Å²) in [6.45, 7) is 3.65. The predicted octanol–water partition coefficient (Wildman–Crippen LogP) is 2.91. The average molecular weight is 383 g/mol. The maximum atomic E-state index is 12.9. The third kappa shape index (κ3) is 4.38. The molecule has 1 amide bonds. The molecule has 3 heterocycles. The van der Waals surface area contributed by atoms with Gasteiger partial charge in [0.25, 0.3) is 5.91 Å². The maximum Gasteiger partial charge on any atom is 0.274 e. The molecule has 0 bridgehead atoms. The van der Waals surface area contributed by atoms with Crippen molar-refractivity contribution in [2.45, 2.75) is 38.1 Å². The van der Waals surface area contributed by atoms with Gasteiger partial charge in [-0.15, -0.1) is 0 Å². The third-order valence-electron chi connectivity index (χ3n) is 6.06. The van der Waals surface area contributed by atoms with Gasteiger partial charge in [0, 0.05) is 25.8 Å². The van der Waals surface area contributed by atoms with Crippen molar-refractivity contribution in [2.24, 2.45) is 5.92 Å². The molecular weight excluding hydrogens is 352 g/mol. The molecule has 2 saturated heterocycles. The van der Waals surface area contributed by atoms with E-state index in [9.17, 15) is 4.79 Å². The Morgan fingerprint density at radius 3 is 2.64 bits per heavy atom. The topological polar surface area (TPSA) is 59.4 Å². The fourth-order valence-electron chi connectivity index (χ4n) is 4.31. The number of carbonyl (C=O) groups is 1. The lowest BCUT2D eigenvalue weighted by Crippen LogP contribution is -2.39. The number of hydrogen-bond donors (Lipinski definition) is 1. The molecule has 0 saturated carbocycles. The zero-order valence-corrected chi connectivity index (χ0v) is 16.6. The van der Waals surface area contributed by atoms with Crippen LogP contribution in [0.5, 0.6) is 5.75 Å². The molecule has 6 heteroatoms. The SMILES string of the molecule is COc1ccc(CC2CCN(C(=O)c3ccn(C4CCCNC4)n3)CC2)cc1. The zero-order valence-electron chi connectivity index (χ0n) is 16.6. The van der Waals surface area contributed by atoms with E-state index in [2.05, 4.69) is 22.5 Å². The summed E-state index contributed by atoms with van der Waals surface area (Å²) in [5.41, 5.74) is 1.92. The molecule has 0 radical (unpaired) electrons.